The number of halogens is 3. The van der Waals surface area contributed by atoms with Crippen molar-refractivity contribution in [3.63, 3.8) is 0 Å². The molecule has 2 amide bonds. The minimum absolute atomic E-state index is 0.0522. The van der Waals surface area contributed by atoms with Gasteiger partial charge in [0.05, 0.1) is 6.07 Å². The number of benzene rings is 1. The van der Waals surface area contributed by atoms with E-state index in [4.69, 9.17) is 5.26 Å². The second kappa shape index (κ2) is 6.16. The van der Waals surface area contributed by atoms with Crippen LogP contribution in [0.4, 0.5) is 13.2 Å². The molecule has 0 unspecified atom stereocenters. The van der Waals surface area contributed by atoms with E-state index < -0.39 is 35.1 Å². The zero-order valence-electron chi connectivity index (χ0n) is 14.5. The Kier molecular flexibility index (Phi) is 4.62. The van der Waals surface area contributed by atoms with Gasteiger partial charge in [-0.1, -0.05) is 39.5 Å². The van der Waals surface area contributed by atoms with Crippen LogP contribution in [-0.2, 0) is 10.2 Å². The number of amides is 2. The fourth-order valence-corrected chi connectivity index (χ4v) is 2.75. The molecule has 1 heterocycles. The maximum Gasteiger partial charge on any atom is 0.422 e. The molecule has 1 aliphatic heterocycles. The molecule has 0 aliphatic carbocycles. The van der Waals surface area contributed by atoms with Gasteiger partial charge >= 0.3 is 6.18 Å². The zero-order chi connectivity index (χ0) is 19.9. The Balaban J connectivity index is 2.42. The molecule has 2 N–H and O–H groups in total. The lowest BCUT2D eigenvalue weighted by Gasteiger charge is -2.32. The lowest BCUT2D eigenvalue weighted by molar-refractivity contribution is -0.197. The molecule has 1 saturated heterocycles. The third kappa shape index (κ3) is 3.05. The number of nitrogens with zero attached hydrogens (tertiary/aromatic N) is 1. The molecule has 2 rings (SSSR count). The summed E-state index contributed by atoms with van der Waals surface area (Å²) in [6, 6.07) is 7.42. The number of carbonyl (C=O) groups excluding carboxylic acids is 2. The molecule has 5 nitrogen and oxygen atoms in total. The summed E-state index contributed by atoms with van der Waals surface area (Å²) in [4.78, 5) is 24.4. The minimum Gasteiger partial charge on any atom is -0.329 e. The highest BCUT2D eigenvalue weighted by Gasteiger charge is 2.70. The molecule has 0 radical (unpaired) electrons. The Bertz CT molecular complexity index is 801. The lowest BCUT2D eigenvalue weighted by atomic mass is 9.84. The zero-order valence-corrected chi connectivity index (χ0v) is 14.5. The number of rotatable bonds is 2. The first-order valence-corrected chi connectivity index (χ1v) is 7.74. The van der Waals surface area contributed by atoms with Crippen LogP contribution in [0.25, 0.3) is 0 Å². The Morgan fingerprint density at radius 2 is 1.81 bits per heavy atom. The number of nitrogens with one attached hydrogen (secondary N) is 2. The number of hydrogen-bond donors (Lipinski definition) is 2. The summed E-state index contributed by atoms with van der Waals surface area (Å²) in [5.41, 5.74) is -3.14. The van der Waals surface area contributed by atoms with Gasteiger partial charge in [0.1, 0.15) is 5.92 Å². The van der Waals surface area contributed by atoms with Gasteiger partial charge in [0, 0.05) is 11.3 Å². The average Bonchev–Trinajstić information content (AvgIpc) is 2.76. The van der Waals surface area contributed by atoms with E-state index in [0.29, 0.717) is 0 Å². The maximum absolute atomic E-state index is 13.7. The van der Waals surface area contributed by atoms with E-state index in [1.807, 2.05) is 26.1 Å². The van der Waals surface area contributed by atoms with Crippen LogP contribution in [-0.4, -0.2) is 23.5 Å². The van der Waals surface area contributed by atoms with Crippen LogP contribution in [0.5, 0.6) is 0 Å². The first-order valence-electron chi connectivity index (χ1n) is 7.74. The van der Waals surface area contributed by atoms with Gasteiger partial charge in [-0.25, -0.2) is 0 Å². The number of carbonyl (C=O) groups is 2. The number of nitriles is 1. The van der Waals surface area contributed by atoms with Crippen LogP contribution in [0.3, 0.4) is 0 Å². The van der Waals surface area contributed by atoms with E-state index in [9.17, 15) is 22.8 Å². The molecule has 138 valence electrons. The van der Waals surface area contributed by atoms with Crippen molar-refractivity contribution in [2.45, 2.75) is 37.9 Å². The van der Waals surface area contributed by atoms with E-state index in [1.165, 1.54) is 18.2 Å². The van der Waals surface area contributed by atoms with Crippen molar-refractivity contribution in [1.82, 2.24) is 10.6 Å². The molecule has 1 fully saturated rings. The van der Waals surface area contributed by atoms with Gasteiger partial charge in [-0.2, -0.15) is 18.4 Å². The summed E-state index contributed by atoms with van der Waals surface area (Å²) >= 11 is 0. The average molecular weight is 365 g/mol. The first-order chi connectivity index (χ1) is 11.8. The van der Waals surface area contributed by atoms with Crippen molar-refractivity contribution in [2.24, 2.45) is 5.92 Å². The van der Waals surface area contributed by atoms with E-state index in [1.54, 1.807) is 17.4 Å². The molecule has 0 aromatic heterocycles. The van der Waals surface area contributed by atoms with Gasteiger partial charge in [0.15, 0.2) is 0 Å². The molecular weight excluding hydrogens is 347 g/mol. The second-order valence-electron chi connectivity index (χ2n) is 7.13. The van der Waals surface area contributed by atoms with Crippen molar-refractivity contribution in [3.8, 4) is 6.07 Å². The van der Waals surface area contributed by atoms with Crippen LogP contribution >= 0.6 is 0 Å². The van der Waals surface area contributed by atoms with E-state index in [-0.39, 0.29) is 11.0 Å². The fraction of sp³-hybridized carbons (Fsp3) is 0.389. The summed E-state index contributed by atoms with van der Waals surface area (Å²) in [5.74, 6) is -4.60. The monoisotopic (exact) mass is 365 g/mol. The van der Waals surface area contributed by atoms with Gasteiger partial charge in [-0.3, -0.25) is 9.59 Å². The van der Waals surface area contributed by atoms with Crippen LogP contribution in [0.1, 0.15) is 36.7 Å². The summed E-state index contributed by atoms with van der Waals surface area (Å²) in [6.45, 7) is 9.13. The third-order valence-electron chi connectivity index (χ3n) is 4.31. The molecule has 0 saturated carbocycles. The largest absolute Gasteiger partial charge is 0.422 e. The van der Waals surface area contributed by atoms with Crippen LogP contribution in [0, 0.1) is 17.2 Å². The number of hydrogen-bond acceptors (Lipinski definition) is 3. The molecule has 2 atom stereocenters. The molecule has 1 aromatic carbocycles. The van der Waals surface area contributed by atoms with Crippen LogP contribution in [0.2, 0.25) is 0 Å². The van der Waals surface area contributed by atoms with Crippen molar-refractivity contribution in [2.75, 3.05) is 0 Å². The topological polar surface area (TPSA) is 82.0 Å². The molecule has 0 spiro atoms. The fourth-order valence-electron chi connectivity index (χ4n) is 2.75. The highest BCUT2D eigenvalue weighted by Crippen LogP contribution is 2.42. The maximum atomic E-state index is 13.7. The standard InChI is InChI=1S/C18H18F3N3O2/c1-10-13(9-22)17(15(26)23-10,18(19,20)21)24-14(25)11-5-7-12(8-6-11)16(2,3)4/h5-8,13H,1H2,2-4H3,(H,23,26)(H,24,25)/t13-,17+/m1/s1. The van der Waals surface area contributed by atoms with Crippen LogP contribution in [0.15, 0.2) is 36.5 Å². The lowest BCUT2D eigenvalue weighted by Crippen LogP contribution is -2.66. The van der Waals surface area contributed by atoms with Crippen molar-refractivity contribution in [3.05, 3.63) is 47.7 Å². The first kappa shape index (κ1) is 19.5. The smallest absolute Gasteiger partial charge is 0.329 e. The quantitative estimate of drug-likeness (QED) is 0.846. The Morgan fingerprint density at radius 1 is 1.27 bits per heavy atom. The SMILES string of the molecule is C=C1NC(=O)[C@](NC(=O)c2ccc(C(C)(C)C)cc2)(C(F)(F)F)[C@@H]1C#N. The highest BCUT2D eigenvalue weighted by atomic mass is 19.4. The second-order valence-corrected chi connectivity index (χ2v) is 7.13. The third-order valence-corrected chi connectivity index (χ3v) is 4.31. The van der Waals surface area contributed by atoms with Crippen molar-refractivity contribution < 1.29 is 22.8 Å². The van der Waals surface area contributed by atoms with E-state index in [2.05, 4.69) is 6.58 Å². The van der Waals surface area contributed by atoms with E-state index in [0.717, 1.165) is 5.56 Å². The normalized spacial score (nSPS) is 23.3. The molecule has 26 heavy (non-hydrogen) atoms. The minimum atomic E-state index is -5.18. The Hall–Kier alpha value is -2.82. The van der Waals surface area contributed by atoms with Crippen molar-refractivity contribution in [1.29, 1.82) is 5.26 Å². The predicted molar refractivity (Wildman–Crippen MR) is 87.8 cm³/mol. The Morgan fingerprint density at radius 3 is 2.23 bits per heavy atom. The summed E-state index contributed by atoms with van der Waals surface area (Å²) in [5, 5.41) is 12.7. The van der Waals surface area contributed by atoms with E-state index >= 15 is 0 Å². The van der Waals surface area contributed by atoms with Crippen molar-refractivity contribution >= 4 is 11.8 Å². The Labute approximate surface area is 148 Å². The molecule has 1 aromatic rings. The van der Waals surface area contributed by atoms with Gasteiger partial charge in [0.2, 0.25) is 5.54 Å². The molecular formula is C18H18F3N3O2. The number of alkyl halides is 3. The molecule has 8 heteroatoms. The summed E-state index contributed by atoms with van der Waals surface area (Å²) < 4.78 is 41.1. The van der Waals surface area contributed by atoms with Gasteiger partial charge in [0.25, 0.3) is 11.8 Å². The highest BCUT2D eigenvalue weighted by molar-refractivity contribution is 6.02. The molecule has 1 aliphatic rings. The predicted octanol–water partition coefficient (Wildman–Crippen LogP) is 2.80. The van der Waals surface area contributed by atoms with Gasteiger partial charge in [-0.05, 0) is 23.1 Å². The van der Waals surface area contributed by atoms with Gasteiger partial charge in [-0.15, -0.1) is 0 Å². The summed E-state index contributed by atoms with van der Waals surface area (Å²) in [6.07, 6.45) is -5.18. The van der Waals surface area contributed by atoms with Crippen LogP contribution < -0.4 is 10.6 Å². The van der Waals surface area contributed by atoms with Gasteiger partial charge < -0.3 is 10.6 Å². The summed E-state index contributed by atoms with van der Waals surface area (Å²) in [7, 11) is 0. The molecule has 0 bridgehead atoms.